The van der Waals surface area contributed by atoms with Crippen LogP contribution in [0.5, 0.6) is 0 Å². The lowest BCUT2D eigenvalue weighted by atomic mass is 10.0. The van der Waals surface area contributed by atoms with E-state index in [1.807, 2.05) is 112 Å². The molecule has 0 spiro atoms. The average molecular weight is 626 g/mol. The zero-order chi connectivity index (χ0) is 32.5. The fraction of sp³-hybridized carbons (Fsp3) is 0.103. The number of carbonyl (C=O) groups is 3. The van der Waals surface area contributed by atoms with E-state index >= 15 is 0 Å². The van der Waals surface area contributed by atoms with Gasteiger partial charge < -0.3 is 16.0 Å². The highest BCUT2D eigenvalue weighted by atomic mass is 32.2. The number of anilines is 2. The Balaban J connectivity index is 1.28. The minimum absolute atomic E-state index is 0.0829. The Kier molecular flexibility index (Phi) is 10.5. The monoisotopic (exact) mass is 625 g/mol. The van der Waals surface area contributed by atoms with E-state index < -0.39 is 5.91 Å². The van der Waals surface area contributed by atoms with Gasteiger partial charge in [0, 0.05) is 21.8 Å². The normalized spacial score (nSPS) is 11.8. The molecular weight excluding hydrogens is 591 g/mol. The number of nitrogens with one attached hydrogen (secondary N) is 3. The maximum Gasteiger partial charge on any atom is 0.272 e. The number of carbonyl (C=O) groups excluding carboxylic acids is 3. The Morgan fingerprint density at radius 3 is 1.87 bits per heavy atom. The summed E-state index contributed by atoms with van der Waals surface area (Å²) in [5.41, 5.74) is 6.88. The van der Waals surface area contributed by atoms with Crippen molar-refractivity contribution in [3.63, 3.8) is 0 Å². The van der Waals surface area contributed by atoms with Crippen LogP contribution in [-0.4, -0.2) is 23.0 Å². The topological polar surface area (TPSA) is 87.3 Å². The zero-order valence-corrected chi connectivity index (χ0v) is 26.7. The molecule has 0 saturated carbocycles. The summed E-state index contributed by atoms with van der Waals surface area (Å²) in [5, 5.41) is 8.39. The maximum absolute atomic E-state index is 13.5. The standard InChI is InChI=1S/C39H35N3O3S/c1-26-11-10-12-27(2)36(26)42-37(43)28(3)46-34-23-21-33(22-24-34)40-39(45)35(41-38(44)32-15-8-5-9-16-32)25-29-17-19-31(20-18-29)30-13-6-4-7-14-30/h4-25,28H,1-3H3,(H,40,45)(H,41,44)(H,42,43)/b35-25-. The first kappa shape index (κ1) is 32.0. The number of thioether (sulfide) groups is 1. The molecule has 0 fully saturated rings. The lowest BCUT2D eigenvalue weighted by Crippen LogP contribution is -2.30. The molecule has 3 N–H and O–H groups in total. The molecule has 5 aromatic rings. The molecule has 0 aromatic heterocycles. The summed E-state index contributed by atoms with van der Waals surface area (Å²) in [7, 11) is 0. The zero-order valence-electron chi connectivity index (χ0n) is 25.9. The minimum Gasteiger partial charge on any atom is -0.325 e. The smallest absolute Gasteiger partial charge is 0.272 e. The fourth-order valence-corrected chi connectivity index (χ4v) is 5.69. The van der Waals surface area contributed by atoms with Gasteiger partial charge in [-0.2, -0.15) is 0 Å². The molecule has 0 radical (unpaired) electrons. The van der Waals surface area contributed by atoms with Crippen molar-refractivity contribution >= 4 is 46.9 Å². The third-order valence-electron chi connectivity index (χ3n) is 7.38. The van der Waals surface area contributed by atoms with E-state index in [1.165, 1.54) is 11.8 Å². The van der Waals surface area contributed by atoms with Gasteiger partial charge in [-0.25, -0.2) is 0 Å². The molecular formula is C39H35N3O3S. The number of benzene rings is 5. The van der Waals surface area contributed by atoms with Crippen molar-refractivity contribution in [2.45, 2.75) is 30.9 Å². The third kappa shape index (κ3) is 8.40. The van der Waals surface area contributed by atoms with Crippen molar-refractivity contribution < 1.29 is 14.4 Å². The highest BCUT2D eigenvalue weighted by molar-refractivity contribution is 8.00. The number of hydrogen-bond donors (Lipinski definition) is 3. The molecule has 0 heterocycles. The summed E-state index contributed by atoms with van der Waals surface area (Å²) in [6.45, 7) is 5.81. The van der Waals surface area contributed by atoms with Crippen LogP contribution in [0.15, 0.2) is 138 Å². The van der Waals surface area contributed by atoms with Crippen molar-refractivity contribution in [3.8, 4) is 11.1 Å². The summed E-state index contributed by atoms with van der Waals surface area (Å²) in [6, 6.07) is 39.8. The van der Waals surface area contributed by atoms with Crippen LogP contribution in [0.3, 0.4) is 0 Å². The Labute approximate surface area is 274 Å². The van der Waals surface area contributed by atoms with E-state index in [-0.39, 0.29) is 22.8 Å². The van der Waals surface area contributed by atoms with E-state index in [4.69, 9.17) is 0 Å². The molecule has 0 aliphatic heterocycles. The second-order valence-electron chi connectivity index (χ2n) is 10.9. The van der Waals surface area contributed by atoms with Gasteiger partial charge in [0.15, 0.2) is 0 Å². The molecule has 230 valence electrons. The van der Waals surface area contributed by atoms with Crippen molar-refractivity contribution in [1.29, 1.82) is 0 Å². The molecule has 46 heavy (non-hydrogen) atoms. The highest BCUT2D eigenvalue weighted by Crippen LogP contribution is 2.27. The number of amides is 3. The largest absolute Gasteiger partial charge is 0.325 e. The molecule has 6 nitrogen and oxygen atoms in total. The SMILES string of the molecule is Cc1cccc(C)c1NC(=O)C(C)Sc1ccc(NC(=O)/C(=C/c2ccc(-c3ccccc3)cc2)NC(=O)c2ccccc2)cc1. The fourth-order valence-electron chi connectivity index (χ4n) is 4.82. The van der Waals surface area contributed by atoms with Crippen LogP contribution < -0.4 is 16.0 Å². The Bertz CT molecular complexity index is 1830. The van der Waals surface area contributed by atoms with Gasteiger partial charge >= 0.3 is 0 Å². The highest BCUT2D eigenvalue weighted by Gasteiger charge is 2.18. The van der Waals surface area contributed by atoms with Gasteiger partial charge in [0.1, 0.15) is 5.70 Å². The molecule has 0 aliphatic rings. The van der Waals surface area contributed by atoms with E-state index in [0.717, 1.165) is 38.4 Å². The van der Waals surface area contributed by atoms with E-state index in [9.17, 15) is 14.4 Å². The van der Waals surface area contributed by atoms with Crippen LogP contribution in [-0.2, 0) is 9.59 Å². The van der Waals surface area contributed by atoms with Crippen molar-refractivity contribution in [1.82, 2.24) is 5.32 Å². The molecule has 5 rings (SSSR count). The predicted octanol–water partition coefficient (Wildman–Crippen LogP) is 8.50. The number of hydrogen-bond acceptors (Lipinski definition) is 4. The summed E-state index contributed by atoms with van der Waals surface area (Å²) in [6.07, 6.45) is 1.66. The van der Waals surface area contributed by atoms with E-state index in [1.54, 1.807) is 42.5 Å². The first-order chi connectivity index (χ1) is 22.3. The molecule has 7 heteroatoms. The first-order valence-corrected chi connectivity index (χ1v) is 15.8. The van der Waals surface area contributed by atoms with Crippen molar-refractivity contribution in [2.24, 2.45) is 0 Å². The predicted molar refractivity (Wildman–Crippen MR) is 189 cm³/mol. The molecule has 3 amide bonds. The summed E-state index contributed by atoms with van der Waals surface area (Å²) in [5.74, 6) is -0.929. The van der Waals surface area contributed by atoms with Gasteiger partial charge in [-0.1, -0.05) is 91.0 Å². The number of para-hydroxylation sites is 1. The molecule has 0 aliphatic carbocycles. The molecule has 1 atom stereocenters. The number of aryl methyl sites for hydroxylation is 2. The molecule has 0 bridgehead atoms. The summed E-state index contributed by atoms with van der Waals surface area (Å²) < 4.78 is 0. The van der Waals surface area contributed by atoms with Crippen molar-refractivity contribution in [2.75, 3.05) is 10.6 Å². The summed E-state index contributed by atoms with van der Waals surface area (Å²) in [4.78, 5) is 40.3. The average Bonchev–Trinajstić information content (AvgIpc) is 3.08. The Hall–Kier alpha value is -5.40. The third-order valence-corrected chi connectivity index (χ3v) is 8.49. The summed E-state index contributed by atoms with van der Waals surface area (Å²) >= 11 is 1.43. The Morgan fingerprint density at radius 2 is 1.24 bits per heavy atom. The van der Waals surface area contributed by atoms with Gasteiger partial charge in [0.25, 0.3) is 11.8 Å². The Morgan fingerprint density at radius 1 is 0.652 bits per heavy atom. The van der Waals surface area contributed by atoms with Gasteiger partial charge in [0.05, 0.1) is 5.25 Å². The maximum atomic E-state index is 13.5. The van der Waals surface area contributed by atoms with E-state index in [0.29, 0.717) is 11.3 Å². The van der Waals surface area contributed by atoms with Crippen LogP contribution >= 0.6 is 11.8 Å². The van der Waals surface area contributed by atoms with Crippen LogP contribution in [0.4, 0.5) is 11.4 Å². The minimum atomic E-state index is -0.460. The van der Waals surface area contributed by atoms with Crippen LogP contribution in [0.1, 0.15) is 34.0 Å². The van der Waals surface area contributed by atoms with Crippen LogP contribution in [0, 0.1) is 13.8 Å². The van der Waals surface area contributed by atoms with Gasteiger partial charge in [-0.15, -0.1) is 11.8 Å². The van der Waals surface area contributed by atoms with Crippen LogP contribution in [0.2, 0.25) is 0 Å². The van der Waals surface area contributed by atoms with Crippen LogP contribution in [0.25, 0.3) is 17.2 Å². The van der Waals surface area contributed by atoms with Crippen molar-refractivity contribution in [3.05, 3.63) is 155 Å². The van der Waals surface area contributed by atoms with Gasteiger partial charge in [-0.3, -0.25) is 14.4 Å². The second-order valence-corrected chi connectivity index (χ2v) is 12.3. The second kappa shape index (κ2) is 15.1. The van der Waals surface area contributed by atoms with Gasteiger partial charge in [0.2, 0.25) is 5.91 Å². The molecule has 0 saturated heterocycles. The van der Waals surface area contributed by atoms with Gasteiger partial charge in [-0.05, 0) is 91.1 Å². The lowest BCUT2D eigenvalue weighted by Gasteiger charge is -2.16. The number of rotatable bonds is 10. The first-order valence-electron chi connectivity index (χ1n) is 15.0. The molecule has 5 aromatic carbocycles. The van der Waals surface area contributed by atoms with E-state index in [2.05, 4.69) is 16.0 Å². The lowest BCUT2D eigenvalue weighted by molar-refractivity contribution is -0.115. The molecule has 1 unspecified atom stereocenters. The quantitative estimate of drug-likeness (QED) is 0.107.